The van der Waals surface area contributed by atoms with Crippen molar-refractivity contribution in [2.45, 2.75) is 32.3 Å². The van der Waals surface area contributed by atoms with Crippen LogP contribution in [0.2, 0.25) is 0 Å². The minimum Gasteiger partial charge on any atom is -0.376 e. The highest BCUT2D eigenvalue weighted by Gasteiger charge is 2.40. The Morgan fingerprint density at radius 1 is 1.69 bits per heavy atom. The van der Waals surface area contributed by atoms with Gasteiger partial charge in [-0.2, -0.15) is 0 Å². The van der Waals surface area contributed by atoms with Crippen LogP contribution in [0.15, 0.2) is 0 Å². The lowest BCUT2D eigenvalue weighted by Gasteiger charge is -2.21. The summed E-state index contributed by atoms with van der Waals surface area (Å²) >= 11 is 0. The van der Waals surface area contributed by atoms with Gasteiger partial charge in [0.2, 0.25) is 11.8 Å². The fourth-order valence-electron chi connectivity index (χ4n) is 2.16. The Morgan fingerprint density at radius 3 is 3.06 bits per heavy atom. The summed E-state index contributed by atoms with van der Waals surface area (Å²) in [5, 5.41) is 5.56. The van der Waals surface area contributed by atoms with Crippen LogP contribution in [0, 0.1) is 5.41 Å². The van der Waals surface area contributed by atoms with Gasteiger partial charge in [0.25, 0.3) is 0 Å². The zero-order valence-corrected chi connectivity index (χ0v) is 9.54. The summed E-state index contributed by atoms with van der Waals surface area (Å²) in [6.07, 6.45) is 2.51. The van der Waals surface area contributed by atoms with E-state index in [0.29, 0.717) is 13.1 Å². The fourth-order valence-corrected chi connectivity index (χ4v) is 2.16. The monoisotopic (exact) mass is 226 g/mol. The first-order valence-electron chi connectivity index (χ1n) is 5.77. The standard InChI is InChI=1S/C11H18N2O3/c1-11(5-9(14)13-7-11)10(15)12-6-8-3-2-4-16-8/h8H,2-7H2,1H3,(H,12,15)(H,13,14). The summed E-state index contributed by atoms with van der Waals surface area (Å²) in [5.74, 6) is -0.101. The molecular formula is C11H18N2O3. The molecule has 0 aromatic heterocycles. The molecule has 2 rings (SSSR count). The van der Waals surface area contributed by atoms with E-state index in [1.165, 1.54) is 0 Å². The second kappa shape index (κ2) is 4.41. The maximum atomic E-state index is 11.9. The third-order valence-electron chi connectivity index (χ3n) is 3.29. The molecule has 2 heterocycles. The predicted molar refractivity (Wildman–Crippen MR) is 57.7 cm³/mol. The quantitative estimate of drug-likeness (QED) is 0.701. The van der Waals surface area contributed by atoms with Crippen molar-refractivity contribution in [1.82, 2.24) is 10.6 Å². The molecule has 5 nitrogen and oxygen atoms in total. The van der Waals surface area contributed by atoms with Crippen LogP contribution in [0.25, 0.3) is 0 Å². The molecule has 2 unspecified atom stereocenters. The van der Waals surface area contributed by atoms with Gasteiger partial charge in [-0.25, -0.2) is 0 Å². The second-order valence-electron chi connectivity index (χ2n) is 4.86. The molecule has 2 atom stereocenters. The van der Waals surface area contributed by atoms with Gasteiger partial charge in [-0.15, -0.1) is 0 Å². The Hall–Kier alpha value is -1.10. The van der Waals surface area contributed by atoms with Gasteiger partial charge >= 0.3 is 0 Å². The zero-order valence-electron chi connectivity index (χ0n) is 9.54. The number of amides is 2. The fraction of sp³-hybridized carbons (Fsp3) is 0.818. The first-order valence-corrected chi connectivity index (χ1v) is 5.77. The number of carbonyl (C=O) groups excluding carboxylic acids is 2. The molecule has 2 fully saturated rings. The second-order valence-corrected chi connectivity index (χ2v) is 4.86. The van der Waals surface area contributed by atoms with E-state index in [-0.39, 0.29) is 24.3 Å². The van der Waals surface area contributed by atoms with E-state index >= 15 is 0 Å². The Balaban J connectivity index is 1.80. The van der Waals surface area contributed by atoms with Crippen LogP contribution in [0.4, 0.5) is 0 Å². The van der Waals surface area contributed by atoms with E-state index in [4.69, 9.17) is 4.74 Å². The number of ether oxygens (including phenoxy) is 1. The van der Waals surface area contributed by atoms with E-state index in [2.05, 4.69) is 10.6 Å². The molecule has 90 valence electrons. The van der Waals surface area contributed by atoms with E-state index in [0.717, 1.165) is 19.4 Å². The van der Waals surface area contributed by atoms with E-state index in [9.17, 15) is 9.59 Å². The molecule has 0 saturated carbocycles. The molecule has 0 aromatic carbocycles. The summed E-state index contributed by atoms with van der Waals surface area (Å²) in [6, 6.07) is 0. The highest BCUT2D eigenvalue weighted by molar-refractivity contribution is 5.92. The minimum atomic E-state index is -0.588. The van der Waals surface area contributed by atoms with Crippen molar-refractivity contribution in [2.24, 2.45) is 5.41 Å². The van der Waals surface area contributed by atoms with Crippen LogP contribution >= 0.6 is 0 Å². The van der Waals surface area contributed by atoms with Crippen LogP contribution in [0.3, 0.4) is 0 Å². The molecule has 2 amide bonds. The molecule has 2 aliphatic heterocycles. The smallest absolute Gasteiger partial charge is 0.228 e. The Morgan fingerprint density at radius 2 is 2.50 bits per heavy atom. The number of nitrogens with one attached hydrogen (secondary N) is 2. The third-order valence-corrected chi connectivity index (χ3v) is 3.29. The summed E-state index contributed by atoms with van der Waals surface area (Å²) in [7, 11) is 0. The van der Waals surface area contributed by atoms with Crippen molar-refractivity contribution in [3.05, 3.63) is 0 Å². The maximum Gasteiger partial charge on any atom is 0.228 e. The van der Waals surface area contributed by atoms with Crippen LogP contribution in [-0.2, 0) is 14.3 Å². The lowest BCUT2D eigenvalue weighted by atomic mass is 9.88. The molecule has 5 heteroatoms. The summed E-state index contributed by atoms with van der Waals surface area (Å²) < 4.78 is 5.42. The minimum absolute atomic E-state index is 0.0465. The molecule has 2 aliphatic rings. The van der Waals surface area contributed by atoms with Crippen LogP contribution in [-0.4, -0.2) is 37.6 Å². The van der Waals surface area contributed by atoms with Crippen molar-refractivity contribution in [2.75, 3.05) is 19.7 Å². The zero-order chi connectivity index (χ0) is 11.6. The third kappa shape index (κ3) is 2.35. The van der Waals surface area contributed by atoms with E-state index in [1.807, 2.05) is 6.92 Å². The van der Waals surface area contributed by atoms with Gasteiger partial charge in [0, 0.05) is 26.1 Å². The van der Waals surface area contributed by atoms with Gasteiger partial charge in [-0.3, -0.25) is 9.59 Å². The average Bonchev–Trinajstić information content (AvgIpc) is 2.85. The van der Waals surface area contributed by atoms with Crippen molar-refractivity contribution >= 4 is 11.8 Å². The van der Waals surface area contributed by atoms with Crippen LogP contribution in [0.1, 0.15) is 26.2 Å². The number of carbonyl (C=O) groups is 2. The van der Waals surface area contributed by atoms with Gasteiger partial charge in [0.05, 0.1) is 11.5 Å². The van der Waals surface area contributed by atoms with Crippen molar-refractivity contribution in [3.8, 4) is 0 Å². The molecule has 0 radical (unpaired) electrons. The summed E-state index contributed by atoms with van der Waals surface area (Å²) in [6.45, 7) is 3.60. The van der Waals surface area contributed by atoms with Crippen molar-refractivity contribution in [3.63, 3.8) is 0 Å². The molecule has 0 bridgehead atoms. The van der Waals surface area contributed by atoms with Gasteiger partial charge in [0.15, 0.2) is 0 Å². The molecule has 0 aromatic rings. The highest BCUT2D eigenvalue weighted by atomic mass is 16.5. The average molecular weight is 226 g/mol. The Labute approximate surface area is 94.9 Å². The van der Waals surface area contributed by atoms with Crippen molar-refractivity contribution < 1.29 is 14.3 Å². The van der Waals surface area contributed by atoms with Crippen LogP contribution in [0.5, 0.6) is 0 Å². The number of hydrogen-bond donors (Lipinski definition) is 2. The predicted octanol–water partition coefficient (Wildman–Crippen LogP) is -0.192. The summed E-state index contributed by atoms with van der Waals surface area (Å²) in [4.78, 5) is 23.0. The Kier molecular flexibility index (Phi) is 3.14. The number of hydrogen-bond acceptors (Lipinski definition) is 3. The lowest BCUT2D eigenvalue weighted by Crippen LogP contribution is -2.43. The van der Waals surface area contributed by atoms with Crippen molar-refractivity contribution in [1.29, 1.82) is 0 Å². The lowest BCUT2D eigenvalue weighted by molar-refractivity contribution is -0.131. The molecule has 16 heavy (non-hydrogen) atoms. The number of rotatable bonds is 3. The van der Waals surface area contributed by atoms with Gasteiger partial charge in [-0.05, 0) is 19.8 Å². The first kappa shape index (κ1) is 11.4. The van der Waals surface area contributed by atoms with Gasteiger partial charge < -0.3 is 15.4 Å². The SMILES string of the molecule is CC1(C(=O)NCC2CCCO2)CNC(=O)C1. The molecular weight excluding hydrogens is 208 g/mol. The molecule has 0 aliphatic carbocycles. The highest BCUT2D eigenvalue weighted by Crippen LogP contribution is 2.25. The first-order chi connectivity index (χ1) is 7.60. The van der Waals surface area contributed by atoms with E-state index in [1.54, 1.807) is 0 Å². The maximum absolute atomic E-state index is 11.9. The Bertz CT molecular complexity index is 300. The van der Waals surface area contributed by atoms with Crippen LogP contribution < -0.4 is 10.6 Å². The van der Waals surface area contributed by atoms with Gasteiger partial charge in [0.1, 0.15) is 0 Å². The molecule has 2 saturated heterocycles. The molecule has 2 N–H and O–H groups in total. The summed E-state index contributed by atoms with van der Waals surface area (Å²) in [5.41, 5.74) is -0.588. The van der Waals surface area contributed by atoms with Gasteiger partial charge in [-0.1, -0.05) is 0 Å². The topological polar surface area (TPSA) is 67.4 Å². The largest absolute Gasteiger partial charge is 0.376 e. The molecule has 0 spiro atoms. The van der Waals surface area contributed by atoms with E-state index < -0.39 is 5.41 Å². The normalized spacial score (nSPS) is 33.8.